The van der Waals surface area contributed by atoms with Crippen molar-refractivity contribution < 1.29 is 9.59 Å². The number of likely N-dealkylation sites (tertiary alicyclic amines) is 1. The van der Waals surface area contributed by atoms with Crippen molar-refractivity contribution in [3.63, 3.8) is 0 Å². The van der Waals surface area contributed by atoms with Crippen molar-refractivity contribution in [3.05, 3.63) is 100 Å². The van der Waals surface area contributed by atoms with Gasteiger partial charge in [0.05, 0.1) is 22.9 Å². The van der Waals surface area contributed by atoms with Crippen molar-refractivity contribution >= 4 is 29.0 Å². The molecule has 1 aliphatic heterocycles. The number of amides is 1. The number of anilines is 1. The first-order valence-electron chi connectivity index (χ1n) is 10.9. The third kappa shape index (κ3) is 4.83. The summed E-state index contributed by atoms with van der Waals surface area (Å²) in [6.45, 7) is 3.27. The highest BCUT2D eigenvalue weighted by atomic mass is 35.5. The van der Waals surface area contributed by atoms with Crippen LogP contribution in [0.5, 0.6) is 0 Å². The summed E-state index contributed by atoms with van der Waals surface area (Å²) in [7, 11) is 0. The number of ketones is 1. The largest absolute Gasteiger partial charge is 0.324 e. The number of halogens is 1. The fraction of sp³-hybridized carbons (Fsp3) is 0.222. The fourth-order valence-corrected chi connectivity index (χ4v) is 4.48. The summed E-state index contributed by atoms with van der Waals surface area (Å²) in [6, 6.07) is 23.5. The van der Waals surface area contributed by atoms with E-state index >= 15 is 0 Å². The molecule has 1 amide bonds. The highest BCUT2D eigenvalue weighted by molar-refractivity contribution is 6.31. The van der Waals surface area contributed by atoms with Crippen molar-refractivity contribution in [2.75, 3.05) is 11.9 Å². The lowest BCUT2D eigenvalue weighted by atomic mass is 9.95. The Morgan fingerprint density at radius 3 is 2.64 bits per heavy atom. The number of nitrogens with one attached hydrogen (secondary N) is 1. The molecule has 1 fully saturated rings. The second kappa shape index (κ2) is 9.58. The van der Waals surface area contributed by atoms with Crippen LogP contribution in [0.15, 0.2) is 72.8 Å². The minimum atomic E-state index is -0.741. The summed E-state index contributed by atoms with van der Waals surface area (Å²) in [6.07, 6.45) is 1.59. The Hall–Kier alpha value is -3.46. The predicted molar refractivity (Wildman–Crippen MR) is 129 cm³/mol. The summed E-state index contributed by atoms with van der Waals surface area (Å²) in [4.78, 5) is 28.8. The second-order valence-electron chi connectivity index (χ2n) is 8.45. The van der Waals surface area contributed by atoms with Crippen molar-refractivity contribution in [1.82, 2.24) is 4.90 Å². The Balaban J connectivity index is 1.58. The Bertz CT molecular complexity index is 1240. The maximum atomic E-state index is 13.5. The van der Waals surface area contributed by atoms with Crippen LogP contribution in [0, 0.1) is 11.3 Å². The van der Waals surface area contributed by atoms with Crippen LogP contribution in [0.2, 0.25) is 5.02 Å². The maximum Gasteiger partial charge on any atom is 0.244 e. The molecule has 0 aliphatic carbocycles. The Morgan fingerprint density at radius 1 is 1.09 bits per heavy atom. The Morgan fingerprint density at radius 2 is 1.88 bits per heavy atom. The van der Waals surface area contributed by atoms with Crippen LogP contribution in [0.1, 0.15) is 46.8 Å². The molecular weight excluding hydrogens is 434 g/mol. The summed E-state index contributed by atoms with van der Waals surface area (Å²) < 4.78 is 0. The van der Waals surface area contributed by atoms with Crippen LogP contribution in [0.25, 0.3) is 0 Å². The quantitative estimate of drug-likeness (QED) is 0.500. The standard InChI is InChI=1S/C27H24ClN3O2/c1-27(13-6-14-31(27)18-20-8-5-7-19(15-20)17-29)26(33)30-24-12-11-22(28)16-23(24)25(32)21-9-3-2-4-10-21/h2-5,7-12,15-16H,6,13-14,18H2,1H3,(H,30,33)/t27-/m1/s1. The van der Waals surface area contributed by atoms with E-state index in [2.05, 4.69) is 16.3 Å². The molecular formula is C27H24ClN3O2. The summed E-state index contributed by atoms with van der Waals surface area (Å²) >= 11 is 6.18. The van der Waals surface area contributed by atoms with E-state index in [-0.39, 0.29) is 11.7 Å². The van der Waals surface area contributed by atoms with E-state index in [1.165, 1.54) is 0 Å². The van der Waals surface area contributed by atoms with Gasteiger partial charge in [-0.05, 0) is 62.2 Å². The van der Waals surface area contributed by atoms with E-state index in [1.807, 2.05) is 31.2 Å². The van der Waals surface area contributed by atoms with E-state index in [1.54, 1.807) is 48.5 Å². The van der Waals surface area contributed by atoms with Crippen LogP contribution >= 0.6 is 11.6 Å². The number of rotatable bonds is 6. The van der Waals surface area contributed by atoms with Crippen molar-refractivity contribution in [2.24, 2.45) is 0 Å². The first kappa shape index (κ1) is 22.7. The lowest BCUT2D eigenvalue weighted by molar-refractivity contribution is -0.125. The van der Waals surface area contributed by atoms with E-state index in [9.17, 15) is 14.9 Å². The summed E-state index contributed by atoms with van der Waals surface area (Å²) in [5, 5.41) is 12.6. The molecule has 1 atom stereocenters. The molecule has 1 heterocycles. The molecule has 3 aromatic rings. The zero-order valence-electron chi connectivity index (χ0n) is 18.3. The monoisotopic (exact) mass is 457 g/mol. The molecule has 0 aromatic heterocycles. The zero-order valence-corrected chi connectivity index (χ0v) is 19.1. The van der Waals surface area contributed by atoms with Gasteiger partial charge in [0.25, 0.3) is 0 Å². The molecule has 0 radical (unpaired) electrons. The van der Waals surface area contributed by atoms with E-state index in [4.69, 9.17) is 11.6 Å². The number of hydrogen-bond acceptors (Lipinski definition) is 4. The van der Waals surface area contributed by atoms with E-state index in [0.29, 0.717) is 40.4 Å². The van der Waals surface area contributed by atoms with Crippen LogP contribution < -0.4 is 5.32 Å². The van der Waals surface area contributed by atoms with Gasteiger partial charge in [-0.2, -0.15) is 5.26 Å². The van der Waals surface area contributed by atoms with Gasteiger partial charge in [-0.3, -0.25) is 14.5 Å². The molecule has 0 spiro atoms. The van der Waals surface area contributed by atoms with Crippen LogP contribution in [-0.4, -0.2) is 28.7 Å². The van der Waals surface area contributed by atoms with E-state index < -0.39 is 5.54 Å². The van der Waals surface area contributed by atoms with Crippen molar-refractivity contribution in [3.8, 4) is 6.07 Å². The maximum absolute atomic E-state index is 13.5. The van der Waals surface area contributed by atoms with Crippen molar-refractivity contribution in [2.45, 2.75) is 31.8 Å². The first-order valence-corrected chi connectivity index (χ1v) is 11.2. The molecule has 166 valence electrons. The lowest BCUT2D eigenvalue weighted by Gasteiger charge is -2.34. The number of benzene rings is 3. The van der Waals surface area contributed by atoms with Gasteiger partial charge in [-0.1, -0.05) is 54.1 Å². The lowest BCUT2D eigenvalue weighted by Crippen LogP contribution is -2.50. The highest BCUT2D eigenvalue weighted by Gasteiger charge is 2.43. The number of nitrogens with zero attached hydrogens (tertiary/aromatic N) is 2. The Kier molecular flexibility index (Phi) is 6.60. The normalized spacial score (nSPS) is 18.0. The van der Waals surface area contributed by atoms with Crippen LogP contribution in [-0.2, 0) is 11.3 Å². The van der Waals surface area contributed by atoms with Gasteiger partial charge in [-0.25, -0.2) is 0 Å². The molecule has 33 heavy (non-hydrogen) atoms. The molecule has 1 aliphatic rings. The SMILES string of the molecule is C[C@]1(C(=O)Nc2ccc(Cl)cc2C(=O)c2ccccc2)CCCN1Cc1cccc(C#N)c1. The zero-order chi connectivity index (χ0) is 23.4. The Labute approximate surface area is 198 Å². The van der Waals surface area contributed by atoms with Gasteiger partial charge < -0.3 is 5.32 Å². The molecule has 4 rings (SSSR count). The molecule has 5 nitrogen and oxygen atoms in total. The average Bonchev–Trinajstić information content (AvgIpc) is 3.21. The third-order valence-corrected chi connectivity index (χ3v) is 6.45. The third-order valence-electron chi connectivity index (χ3n) is 6.22. The van der Waals surface area contributed by atoms with Gasteiger partial charge in [-0.15, -0.1) is 0 Å². The van der Waals surface area contributed by atoms with Crippen LogP contribution in [0.3, 0.4) is 0 Å². The predicted octanol–water partition coefficient (Wildman–Crippen LogP) is 5.44. The topological polar surface area (TPSA) is 73.2 Å². The van der Waals surface area contributed by atoms with Crippen molar-refractivity contribution in [1.29, 1.82) is 5.26 Å². The van der Waals surface area contributed by atoms with Gasteiger partial charge in [0.2, 0.25) is 5.91 Å². The summed E-state index contributed by atoms with van der Waals surface area (Å²) in [5.74, 6) is -0.365. The van der Waals surface area contributed by atoms with Gasteiger partial charge >= 0.3 is 0 Å². The van der Waals surface area contributed by atoms with Crippen LogP contribution in [0.4, 0.5) is 5.69 Å². The minimum Gasteiger partial charge on any atom is -0.324 e. The van der Waals surface area contributed by atoms with Gasteiger partial charge in [0.1, 0.15) is 0 Å². The summed E-state index contributed by atoms with van der Waals surface area (Å²) in [5.41, 5.74) is 2.18. The molecule has 3 aromatic carbocycles. The number of carbonyl (C=O) groups is 2. The van der Waals surface area contributed by atoms with Gasteiger partial charge in [0, 0.05) is 22.7 Å². The molecule has 6 heteroatoms. The number of hydrogen-bond donors (Lipinski definition) is 1. The smallest absolute Gasteiger partial charge is 0.244 e. The second-order valence-corrected chi connectivity index (χ2v) is 8.89. The van der Waals surface area contributed by atoms with E-state index in [0.717, 1.165) is 18.5 Å². The van der Waals surface area contributed by atoms with Gasteiger partial charge in [0.15, 0.2) is 5.78 Å². The number of nitriles is 1. The average molecular weight is 458 g/mol. The molecule has 0 bridgehead atoms. The molecule has 0 saturated carbocycles. The highest BCUT2D eigenvalue weighted by Crippen LogP contribution is 2.33. The first-order chi connectivity index (χ1) is 15.9. The molecule has 0 unspecified atom stereocenters. The molecule has 1 N–H and O–H groups in total. The minimum absolute atomic E-state index is 0.166. The number of carbonyl (C=O) groups excluding carboxylic acids is 2. The fourth-order valence-electron chi connectivity index (χ4n) is 4.30. The molecule has 1 saturated heterocycles.